The molecule has 0 spiro atoms. The molecule has 0 saturated heterocycles. The van der Waals surface area contributed by atoms with Crippen molar-refractivity contribution in [1.82, 2.24) is 9.80 Å². The molecule has 1 saturated carbocycles. The molecule has 204 valence electrons. The first kappa shape index (κ1) is 27.6. The van der Waals surface area contributed by atoms with Crippen molar-refractivity contribution in [2.75, 3.05) is 32.1 Å². The first-order valence-corrected chi connectivity index (χ1v) is 13.2. The minimum atomic E-state index is -0.956. The molecule has 0 radical (unpaired) electrons. The molecule has 9 nitrogen and oxygen atoms in total. The van der Waals surface area contributed by atoms with E-state index in [9.17, 15) is 19.5 Å². The van der Waals surface area contributed by atoms with Crippen molar-refractivity contribution in [3.8, 4) is 5.75 Å². The van der Waals surface area contributed by atoms with E-state index in [1.54, 1.807) is 17.0 Å². The molecular weight excluding hydrogens is 486 g/mol. The van der Waals surface area contributed by atoms with E-state index >= 15 is 0 Å². The summed E-state index contributed by atoms with van der Waals surface area (Å²) in [4.78, 5) is 40.6. The van der Waals surface area contributed by atoms with Crippen LogP contribution in [0.3, 0.4) is 0 Å². The Morgan fingerprint density at radius 3 is 2.53 bits per heavy atom. The topological polar surface area (TPSA) is 119 Å². The van der Waals surface area contributed by atoms with E-state index in [0.717, 1.165) is 18.4 Å². The highest BCUT2D eigenvalue weighted by atomic mass is 16.5. The van der Waals surface area contributed by atoms with Crippen molar-refractivity contribution < 1.29 is 29.3 Å². The molecule has 1 fully saturated rings. The summed E-state index contributed by atoms with van der Waals surface area (Å²) >= 11 is 0. The summed E-state index contributed by atoms with van der Waals surface area (Å²) in [7, 11) is 1.98. The number of nitrogens with zero attached hydrogens (tertiary/aromatic N) is 2. The second kappa shape index (κ2) is 12.0. The van der Waals surface area contributed by atoms with Crippen LogP contribution < -0.4 is 10.1 Å². The first-order chi connectivity index (χ1) is 18.1. The second-order valence-corrected chi connectivity index (χ2v) is 10.7. The highest BCUT2D eigenvalue weighted by Gasteiger charge is 2.32. The van der Waals surface area contributed by atoms with Crippen LogP contribution in [0.25, 0.3) is 0 Å². The Hall–Kier alpha value is -3.43. The van der Waals surface area contributed by atoms with Crippen molar-refractivity contribution in [2.24, 2.45) is 11.8 Å². The largest absolute Gasteiger partial charge is 0.488 e. The van der Waals surface area contributed by atoms with Crippen molar-refractivity contribution in [2.45, 2.75) is 51.8 Å². The molecule has 2 aromatic carbocycles. The third kappa shape index (κ3) is 6.90. The third-order valence-electron chi connectivity index (χ3n) is 7.28. The molecule has 1 aliphatic heterocycles. The number of ether oxygens (including phenoxy) is 1. The van der Waals surface area contributed by atoms with Crippen LogP contribution >= 0.6 is 0 Å². The van der Waals surface area contributed by atoms with Gasteiger partial charge in [0, 0.05) is 42.7 Å². The summed E-state index contributed by atoms with van der Waals surface area (Å²) in [6.45, 7) is 5.34. The van der Waals surface area contributed by atoms with Gasteiger partial charge in [0.25, 0.3) is 0 Å². The molecule has 4 rings (SSSR count). The maximum atomic E-state index is 13.3. The van der Waals surface area contributed by atoms with Crippen LogP contribution in [0.1, 0.15) is 48.2 Å². The molecule has 0 aromatic heterocycles. The molecule has 0 bridgehead atoms. The summed E-state index contributed by atoms with van der Waals surface area (Å²) in [5.41, 5.74) is 2.57. The smallest absolute Gasteiger partial charge is 0.335 e. The van der Waals surface area contributed by atoms with E-state index in [1.165, 1.54) is 0 Å². The lowest BCUT2D eigenvalue weighted by molar-refractivity contribution is -0.134. The molecule has 9 heteroatoms. The molecule has 2 aromatic rings. The van der Waals surface area contributed by atoms with E-state index in [0.29, 0.717) is 36.6 Å². The van der Waals surface area contributed by atoms with Crippen LogP contribution in [-0.4, -0.2) is 76.7 Å². The Morgan fingerprint density at radius 2 is 1.89 bits per heavy atom. The number of aliphatic hydroxyl groups excluding tert-OH is 1. The van der Waals surface area contributed by atoms with Gasteiger partial charge >= 0.3 is 5.97 Å². The van der Waals surface area contributed by atoms with E-state index in [-0.39, 0.29) is 54.4 Å². The summed E-state index contributed by atoms with van der Waals surface area (Å²) in [6.07, 6.45) is 1.66. The predicted octanol–water partition coefficient (Wildman–Crippen LogP) is 3.01. The number of aromatic carboxylic acids is 1. The zero-order valence-electron chi connectivity index (χ0n) is 22.2. The second-order valence-electron chi connectivity index (χ2n) is 10.7. The Bertz CT molecular complexity index is 1160. The number of amides is 2. The van der Waals surface area contributed by atoms with Gasteiger partial charge in [-0.2, -0.15) is 0 Å². The standard InChI is InChI=1S/C29H37N3O6/c1-18-14-32(19(2)17-33)27(34)13-23-12-24(30-28(35)21-8-9-21)10-11-25(23)38-26(18)16-31(3)15-20-4-6-22(7-5-20)29(36)37/h4-7,10-12,18-19,21,26,33H,8-9,13-17H2,1-3H3,(H,30,35)(H,36,37)/t18-,19-,26+/m1/s1. The molecule has 2 aliphatic rings. The minimum absolute atomic E-state index is 0.000279. The van der Waals surface area contributed by atoms with Gasteiger partial charge < -0.3 is 25.2 Å². The van der Waals surface area contributed by atoms with Crippen LogP contribution in [0.5, 0.6) is 5.75 Å². The van der Waals surface area contributed by atoms with Gasteiger partial charge in [0.15, 0.2) is 0 Å². The summed E-state index contributed by atoms with van der Waals surface area (Å²) in [5.74, 6) is -0.410. The number of carboxylic acids is 1. The van der Waals surface area contributed by atoms with Crippen LogP contribution in [0.4, 0.5) is 5.69 Å². The first-order valence-electron chi connectivity index (χ1n) is 13.2. The third-order valence-corrected chi connectivity index (χ3v) is 7.28. The summed E-state index contributed by atoms with van der Waals surface area (Å²) < 4.78 is 6.54. The fraction of sp³-hybridized carbons (Fsp3) is 0.483. The number of nitrogens with one attached hydrogen (secondary N) is 1. The van der Waals surface area contributed by atoms with Crippen LogP contribution in [0.2, 0.25) is 0 Å². The molecule has 3 atom stereocenters. The molecule has 1 heterocycles. The number of carboxylic acid groups (broad SMARTS) is 1. The molecule has 3 N–H and O–H groups in total. The average molecular weight is 524 g/mol. The van der Waals surface area contributed by atoms with Gasteiger partial charge in [-0.1, -0.05) is 19.1 Å². The number of anilines is 1. The van der Waals surface area contributed by atoms with Crippen LogP contribution in [0, 0.1) is 11.8 Å². The number of fused-ring (bicyclic) bond motifs is 1. The van der Waals surface area contributed by atoms with Crippen molar-refractivity contribution in [3.05, 3.63) is 59.2 Å². The quantitative estimate of drug-likeness (QED) is 0.462. The summed E-state index contributed by atoms with van der Waals surface area (Å²) in [5, 5.41) is 21.9. The lowest BCUT2D eigenvalue weighted by atomic mass is 10.0. The van der Waals surface area contributed by atoms with Gasteiger partial charge in [-0.25, -0.2) is 4.79 Å². The number of likely N-dealkylation sites (N-methyl/N-ethyl adjacent to an activating group) is 1. The van der Waals surface area contributed by atoms with Crippen molar-refractivity contribution in [3.63, 3.8) is 0 Å². The lowest BCUT2D eigenvalue weighted by Crippen LogP contribution is -2.47. The fourth-order valence-corrected chi connectivity index (χ4v) is 4.75. The van der Waals surface area contributed by atoms with E-state index in [1.807, 2.05) is 51.2 Å². The van der Waals surface area contributed by atoms with Gasteiger partial charge in [-0.05, 0) is 62.7 Å². The normalized spacial score (nSPS) is 20.6. The van der Waals surface area contributed by atoms with Crippen LogP contribution in [-0.2, 0) is 22.6 Å². The maximum Gasteiger partial charge on any atom is 0.335 e. The lowest BCUT2D eigenvalue weighted by Gasteiger charge is -2.34. The number of carbonyl (C=O) groups excluding carboxylic acids is 2. The minimum Gasteiger partial charge on any atom is -0.488 e. The molecule has 1 aliphatic carbocycles. The Labute approximate surface area is 223 Å². The number of benzene rings is 2. The molecule has 2 amide bonds. The number of aliphatic hydroxyl groups is 1. The van der Waals surface area contributed by atoms with E-state index < -0.39 is 5.97 Å². The van der Waals surface area contributed by atoms with Crippen molar-refractivity contribution in [1.29, 1.82) is 0 Å². The Morgan fingerprint density at radius 1 is 1.18 bits per heavy atom. The molecule has 0 unspecified atom stereocenters. The maximum absolute atomic E-state index is 13.3. The zero-order valence-corrected chi connectivity index (χ0v) is 22.2. The Balaban J connectivity index is 1.56. The molecular formula is C29H37N3O6. The monoisotopic (exact) mass is 523 g/mol. The number of carbonyl (C=O) groups is 3. The highest BCUT2D eigenvalue weighted by molar-refractivity contribution is 5.94. The zero-order chi connectivity index (χ0) is 27.4. The van der Waals surface area contributed by atoms with Gasteiger partial charge in [-0.3, -0.25) is 14.5 Å². The molecule has 38 heavy (non-hydrogen) atoms. The number of hydrogen-bond donors (Lipinski definition) is 3. The number of hydrogen-bond acceptors (Lipinski definition) is 6. The van der Waals surface area contributed by atoms with Gasteiger partial charge in [0.2, 0.25) is 11.8 Å². The SMILES string of the molecule is C[C@@H]1CN([C@H](C)CO)C(=O)Cc2cc(NC(=O)C3CC3)ccc2O[C@H]1CN(C)Cc1ccc(C(=O)O)cc1. The van der Waals surface area contributed by atoms with Gasteiger partial charge in [0.1, 0.15) is 11.9 Å². The highest BCUT2D eigenvalue weighted by Crippen LogP contribution is 2.32. The number of rotatable bonds is 9. The van der Waals surface area contributed by atoms with Gasteiger partial charge in [0.05, 0.1) is 24.6 Å². The Kier molecular flexibility index (Phi) is 8.69. The predicted molar refractivity (Wildman–Crippen MR) is 143 cm³/mol. The van der Waals surface area contributed by atoms with E-state index in [2.05, 4.69) is 10.2 Å². The fourth-order valence-electron chi connectivity index (χ4n) is 4.75. The van der Waals surface area contributed by atoms with E-state index in [4.69, 9.17) is 9.84 Å². The average Bonchev–Trinajstić information content (AvgIpc) is 3.73. The van der Waals surface area contributed by atoms with Crippen LogP contribution in [0.15, 0.2) is 42.5 Å². The van der Waals surface area contributed by atoms with Crippen molar-refractivity contribution >= 4 is 23.5 Å². The van der Waals surface area contributed by atoms with Gasteiger partial charge in [-0.15, -0.1) is 0 Å². The summed E-state index contributed by atoms with van der Waals surface area (Å²) in [6, 6.07) is 11.9.